The summed E-state index contributed by atoms with van der Waals surface area (Å²) < 4.78 is 1.69. The molecule has 4 heteroatoms. The lowest BCUT2D eigenvalue weighted by atomic mass is 10.2. The van der Waals surface area contributed by atoms with Crippen molar-refractivity contribution in [2.75, 3.05) is 0 Å². The van der Waals surface area contributed by atoms with E-state index >= 15 is 0 Å². The van der Waals surface area contributed by atoms with Crippen LogP contribution in [0.1, 0.15) is 11.1 Å². The number of carboxylic acids is 1. The van der Waals surface area contributed by atoms with Crippen molar-refractivity contribution in [3.05, 3.63) is 35.7 Å². The molecule has 0 aliphatic rings. The van der Waals surface area contributed by atoms with Crippen LogP contribution in [0.3, 0.4) is 0 Å². The second-order valence-electron chi connectivity index (χ2n) is 3.27. The molecule has 14 heavy (non-hydrogen) atoms. The Morgan fingerprint density at radius 2 is 2.43 bits per heavy atom. The first-order chi connectivity index (χ1) is 6.66. The van der Waals surface area contributed by atoms with Crippen LogP contribution in [0.2, 0.25) is 0 Å². The molecule has 2 aromatic heterocycles. The molecule has 0 atom stereocenters. The van der Waals surface area contributed by atoms with Crippen molar-refractivity contribution in [1.29, 1.82) is 0 Å². The van der Waals surface area contributed by atoms with E-state index in [2.05, 4.69) is 5.10 Å². The van der Waals surface area contributed by atoms with Gasteiger partial charge in [0.1, 0.15) is 0 Å². The summed E-state index contributed by atoms with van der Waals surface area (Å²) in [5, 5.41) is 12.7. The van der Waals surface area contributed by atoms with Gasteiger partial charge in [-0.1, -0.05) is 0 Å². The minimum absolute atomic E-state index is 0.0208. The molecular weight excluding hydrogens is 180 g/mol. The quantitative estimate of drug-likeness (QED) is 0.775. The Bertz CT molecular complexity index is 488. The maximum absolute atomic E-state index is 10.6. The first-order valence-corrected chi connectivity index (χ1v) is 4.31. The van der Waals surface area contributed by atoms with Gasteiger partial charge in [0.15, 0.2) is 0 Å². The molecule has 0 bridgehead atoms. The molecule has 0 fully saturated rings. The lowest BCUT2D eigenvalue weighted by molar-refractivity contribution is -0.136. The molecule has 0 aliphatic heterocycles. The van der Waals surface area contributed by atoms with Gasteiger partial charge in [-0.05, 0) is 24.6 Å². The van der Waals surface area contributed by atoms with Gasteiger partial charge in [0.2, 0.25) is 0 Å². The average molecular weight is 190 g/mol. The minimum atomic E-state index is -0.832. The Morgan fingerprint density at radius 3 is 3.14 bits per heavy atom. The number of pyridine rings is 1. The first kappa shape index (κ1) is 8.74. The minimum Gasteiger partial charge on any atom is -0.481 e. The fourth-order valence-electron chi connectivity index (χ4n) is 1.44. The summed E-state index contributed by atoms with van der Waals surface area (Å²) in [6.45, 7) is 1.97. The fraction of sp³-hybridized carbons (Fsp3) is 0.200. The third kappa shape index (κ3) is 1.46. The number of aryl methyl sites for hydroxylation is 1. The summed E-state index contributed by atoms with van der Waals surface area (Å²) in [6, 6.07) is 3.87. The van der Waals surface area contributed by atoms with Gasteiger partial charge in [0.25, 0.3) is 0 Å². The maximum atomic E-state index is 10.6. The van der Waals surface area contributed by atoms with Gasteiger partial charge in [-0.15, -0.1) is 0 Å². The monoisotopic (exact) mass is 190 g/mol. The molecule has 0 aliphatic carbocycles. The number of aromatic nitrogens is 2. The zero-order valence-corrected chi connectivity index (χ0v) is 7.77. The number of aliphatic carboxylic acids is 1. The van der Waals surface area contributed by atoms with Crippen molar-refractivity contribution in [2.24, 2.45) is 0 Å². The lowest BCUT2D eigenvalue weighted by Crippen LogP contribution is -1.99. The van der Waals surface area contributed by atoms with Gasteiger partial charge in [-0.2, -0.15) is 5.10 Å². The Balaban J connectivity index is 2.55. The van der Waals surface area contributed by atoms with Gasteiger partial charge in [0.05, 0.1) is 18.1 Å². The van der Waals surface area contributed by atoms with E-state index in [1.165, 1.54) is 0 Å². The number of rotatable bonds is 2. The molecule has 4 nitrogen and oxygen atoms in total. The zero-order chi connectivity index (χ0) is 10.1. The molecular formula is C10H10N2O2. The largest absolute Gasteiger partial charge is 0.481 e. The van der Waals surface area contributed by atoms with E-state index in [9.17, 15) is 4.79 Å². The summed E-state index contributed by atoms with van der Waals surface area (Å²) in [5.41, 5.74) is 2.72. The number of carboxylic acid groups (broad SMARTS) is 1. The van der Waals surface area contributed by atoms with Crippen molar-refractivity contribution in [3.63, 3.8) is 0 Å². The summed E-state index contributed by atoms with van der Waals surface area (Å²) >= 11 is 0. The van der Waals surface area contributed by atoms with E-state index in [0.717, 1.165) is 16.6 Å². The smallest absolute Gasteiger partial charge is 0.307 e. The summed E-state index contributed by atoms with van der Waals surface area (Å²) in [6.07, 6.45) is 3.45. The van der Waals surface area contributed by atoms with Crippen molar-refractivity contribution in [3.8, 4) is 0 Å². The highest BCUT2D eigenvalue weighted by Crippen LogP contribution is 2.12. The van der Waals surface area contributed by atoms with Crippen LogP contribution in [0.25, 0.3) is 5.52 Å². The third-order valence-electron chi connectivity index (χ3n) is 2.10. The molecule has 0 saturated carbocycles. The van der Waals surface area contributed by atoms with Crippen molar-refractivity contribution < 1.29 is 9.90 Å². The van der Waals surface area contributed by atoms with E-state index in [-0.39, 0.29) is 6.42 Å². The van der Waals surface area contributed by atoms with Crippen molar-refractivity contribution in [1.82, 2.24) is 9.61 Å². The average Bonchev–Trinajstić information content (AvgIpc) is 2.47. The molecule has 2 rings (SSSR count). The van der Waals surface area contributed by atoms with Crippen molar-refractivity contribution >= 4 is 11.5 Å². The van der Waals surface area contributed by atoms with Crippen LogP contribution in [0.15, 0.2) is 24.5 Å². The summed E-state index contributed by atoms with van der Waals surface area (Å²) in [5.74, 6) is -0.832. The molecule has 0 unspecified atom stereocenters. The molecule has 1 N–H and O–H groups in total. The first-order valence-electron chi connectivity index (χ1n) is 4.31. The normalized spacial score (nSPS) is 10.6. The Kier molecular flexibility index (Phi) is 1.96. The van der Waals surface area contributed by atoms with Crippen LogP contribution in [0, 0.1) is 6.92 Å². The van der Waals surface area contributed by atoms with Gasteiger partial charge in [-0.3, -0.25) is 4.79 Å². The van der Waals surface area contributed by atoms with Gasteiger partial charge < -0.3 is 5.11 Å². The molecule has 0 radical (unpaired) electrons. The van der Waals surface area contributed by atoms with E-state index < -0.39 is 5.97 Å². The maximum Gasteiger partial charge on any atom is 0.307 e. The second-order valence-corrected chi connectivity index (χ2v) is 3.27. The van der Waals surface area contributed by atoms with E-state index in [1.54, 1.807) is 10.7 Å². The summed E-state index contributed by atoms with van der Waals surface area (Å²) in [7, 11) is 0. The SMILES string of the molecule is Cc1ccn2ncc(CC(=O)O)c2c1. The van der Waals surface area contributed by atoms with E-state index in [0.29, 0.717) is 0 Å². The number of fused-ring (bicyclic) bond motifs is 1. The van der Waals surface area contributed by atoms with Crippen LogP contribution in [-0.4, -0.2) is 20.7 Å². The van der Waals surface area contributed by atoms with Crippen LogP contribution < -0.4 is 0 Å². The molecule has 0 amide bonds. The second kappa shape index (κ2) is 3.14. The Hall–Kier alpha value is -1.84. The highest BCUT2D eigenvalue weighted by molar-refractivity contribution is 5.74. The summed E-state index contributed by atoms with van der Waals surface area (Å²) in [4.78, 5) is 10.6. The van der Waals surface area contributed by atoms with E-state index in [1.807, 2.05) is 25.3 Å². The van der Waals surface area contributed by atoms with Crippen molar-refractivity contribution in [2.45, 2.75) is 13.3 Å². The number of carbonyl (C=O) groups is 1. The number of nitrogens with zero attached hydrogens (tertiary/aromatic N) is 2. The van der Waals surface area contributed by atoms with Gasteiger partial charge >= 0.3 is 5.97 Å². The predicted octanol–water partition coefficient (Wildman–Crippen LogP) is 1.27. The molecule has 0 aromatic carbocycles. The lowest BCUT2D eigenvalue weighted by Gasteiger charge is -1.97. The molecule has 72 valence electrons. The highest BCUT2D eigenvalue weighted by Gasteiger charge is 2.07. The predicted molar refractivity (Wildman–Crippen MR) is 51.3 cm³/mol. The molecule has 2 heterocycles. The van der Waals surface area contributed by atoms with Crippen LogP contribution in [0.4, 0.5) is 0 Å². The Morgan fingerprint density at radius 1 is 1.64 bits per heavy atom. The third-order valence-corrected chi connectivity index (χ3v) is 2.10. The zero-order valence-electron chi connectivity index (χ0n) is 7.77. The number of hydrogen-bond acceptors (Lipinski definition) is 2. The Labute approximate surface area is 80.8 Å². The standard InChI is InChI=1S/C10H10N2O2/c1-7-2-3-12-9(4-7)8(6-11-12)5-10(13)14/h2-4,6H,5H2,1H3,(H,13,14). The molecule has 0 saturated heterocycles. The number of hydrogen-bond donors (Lipinski definition) is 1. The topological polar surface area (TPSA) is 54.6 Å². The van der Waals surface area contributed by atoms with Crippen LogP contribution in [0.5, 0.6) is 0 Å². The highest BCUT2D eigenvalue weighted by atomic mass is 16.4. The van der Waals surface area contributed by atoms with E-state index in [4.69, 9.17) is 5.11 Å². The van der Waals surface area contributed by atoms with Gasteiger partial charge in [0, 0.05) is 11.8 Å². The van der Waals surface area contributed by atoms with Gasteiger partial charge in [-0.25, -0.2) is 4.52 Å². The fourth-order valence-corrected chi connectivity index (χ4v) is 1.44. The van der Waals surface area contributed by atoms with Crippen LogP contribution in [-0.2, 0) is 11.2 Å². The molecule has 2 aromatic rings. The van der Waals surface area contributed by atoms with Crippen LogP contribution >= 0.6 is 0 Å². The molecule has 0 spiro atoms.